The minimum atomic E-state index is -0.151. The standard InChI is InChI=1S/C13H21N5O/c1-8(2)11-15-12(17-16-11)13(19)14-9-5-7-18-6-3-4-10(9)18/h8-10H,3-7H2,1-2H3,(H,14,19)(H,15,16,17). The maximum absolute atomic E-state index is 12.2. The molecule has 6 heteroatoms. The van der Waals surface area contributed by atoms with Gasteiger partial charge in [-0.3, -0.25) is 14.8 Å². The van der Waals surface area contributed by atoms with Gasteiger partial charge in [0.05, 0.1) is 0 Å². The average molecular weight is 263 g/mol. The number of aromatic nitrogens is 3. The van der Waals surface area contributed by atoms with Gasteiger partial charge in [-0.15, -0.1) is 5.10 Å². The largest absolute Gasteiger partial charge is 0.345 e. The Bertz CT molecular complexity index is 469. The van der Waals surface area contributed by atoms with E-state index in [1.165, 1.54) is 19.4 Å². The van der Waals surface area contributed by atoms with Crippen molar-refractivity contribution in [1.82, 2.24) is 25.4 Å². The van der Waals surface area contributed by atoms with Crippen LogP contribution in [0.15, 0.2) is 0 Å². The molecule has 2 aliphatic rings. The fourth-order valence-corrected chi connectivity index (χ4v) is 3.12. The number of H-pyrrole nitrogens is 1. The lowest BCUT2D eigenvalue weighted by Gasteiger charge is -2.20. The predicted molar refractivity (Wildman–Crippen MR) is 70.9 cm³/mol. The Morgan fingerprint density at radius 2 is 2.26 bits per heavy atom. The zero-order valence-corrected chi connectivity index (χ0v) is 11.5. The summed E-state index contributed by atoms with van der Waals surface area (Å²) in [6.07, 6.45) is 3.48. The summed E-state index contributed by atoms with van der Waals surface area (Å²) in [5, 5.41) is 9.92. The molecule has 0 aliphatic carbocycles. The molecule has 2 atom stereocenters. The summed E-state index contributed by atoms with van der Waals surface area (Å²) in [7, 11) is 0. The highest BCUT2D eigenvalue weighted by Crippen LogP contribution is 2.27. The monoisotopic (exact) mass is 263 g/mol. The van der Waals surface area contributed by atoms with Crippen LogP contribution in [-0.4, -0.2) is 51.2 Å². The molecule has 2 saturated heterocycles. The van der Waals surface area contributed by atoms with Crippen LogP contribution in [0.3, 0.4) is 0 Å². The van der Waals surface area contributed by atoms with Gasteiger partial charge in [0.25, 0.3) is 5.91 Å². The van der Waals surface area contributed by atoms with Gasteiger partial charge in [0, 0.05) is 24.5 Å². The Hall–Kier alpha value is -1.43. The van der Waals surface area contributed by atoms with Gasteiger partial charge < -0.3 is 5.32 Å². The smallest absolute Gasteiger partial charge is 0.291 e. The van der Waals surface area contributed by atoms with Crippen molar-refractivity contribution in [2.24, 2.45) is 0 Å². The topological polar surface area (TPSA) is 73.9 Å². The summed E-state index contributed by atoms with van der Waals surface area (Å²) < 4.78 is 0. The van der Waals surface area contributed by atoms with Crippen LogP contribution in [0.4, 0.5) is 0 Å². The number of hydrogen-bond donors (Lipinski definition) is 2. The molecule has 2 fully saturated rings. The van der Waals surface area contributed by atoms with Gasteiger partial charge >= 0.3 is 0 Å². The van der Waals surface area contributed by atoms with E-state index in [1.54, 1.807) is 0 Å². The first-order valence-electron chi connectivity index (χ1n) is 7.12. The van der Waals surface area contributed by atoms with Crippen molar-refractivity contribution in [3.05, 3.63) is 11.6 Å². The van der Waals surface area contributed by atoms with E-state index in [2.05, 4.69) is 25.4 Å². The van der Waals surface area contributed by atoms with Crippen molar-refractivity contribution >= 4 is 5.91 Å². The Labute approximate surface area is 113 Å². The van der Waals surface area contributed by atoms with E-state index in [0.717, 1.165) is 18.8 Å². The Morgan fingerprint density at radius 1 is 1.42 bits per heavy atom. The Kier molecular flexibility index (Phi) is 3.26. The summed E-state index contributed by atoms with van der Waals surface area (Å²) in [5.41, 5.74) is 0. The molecule has 104 valence electrons. The third-order valence-corrected chi connectivity index (χ3v) is 4.18. The molecule has 0 saturated carbocycles. The molecule has 2 aliphatic heterocycles. The summed E-state index contributed by atoms with van der Waals surface area (Å²) in [6.45, 7) is 6.32. The zero-order chi connectivity index (χ0) is 13.4. The number of aromatic amines is 1. The molecule has 3 heterocycles. The second-order valence-corrected chi connectivity index (χ2v) is 5.81. The van der Waals surface area contributed by atoms with E-state index >= 15 is 0 Å². The molecule has 2 unspecified atom stereocenters. The lowest BCUT2D eigenvalue weighted by Crippen LogP contribution is -2.42. The maximum Gasteiger partial charge on any atom is 0.291 e. The molecule has 0 aromatic carbocycles. The second-order valence-electron chi connectivity index (χ2n) is 5.81. The van der Waals surface area contributed by atoms with Crippen molar-refractivity contribution in [1.29, 1.82) is 0 Å². The molecule has 1 aromatic heterocycles. The van der Waals surface area contributed by atoms with Gasteiger partial charge in [0.2, 0.25) is 5.82 Å². The summed E-state index contributed by atoms with van der Waals surface area (Å²) in [5.74, 6) is 1.13. The third kappa shape index (κ3) is 2.36. The molecule has 0 bridgehead atoms. The molecular weight excluding hydrogens is 242 g/mol. The predicted octanol–water partition coefficient (Wildman–Crippen LogP) is 0.895. The highest BCUT2D eigenvalue weighted by Gasteiger charge is 2.38. The first-order valence-corrected chi connectivity index (χ1v) is 7.12. The molecule has 2 N–H and O–H groups in total. The number of nitrogens with one attached hydrogen (secondary N) is 2. The Balaban J connectivity index is 1.64. The number of fused-ring (bicyclic) bond motifs is 1. The van der Waals surface area contributed by atoms with Gasteiger partial charge in [-0.25, -0.2) is 4.98 Å². The molecule has 6 nitrogen and oxygen atoms in total. The van der Waals surface area contributed by atoms with E-state index in [1.807, 2.05) is 13.8 Å². The van der Waals surface area contributed by atoms with Crippen LogP contribution in [0, 0.1) is 0 Å². The van der Waals surface area contributed by atoms with Gasteiger partial charge in [-0.05, 0) is 25.8 Å². The fraction of sp³-hybridized carbons (Fsp3) is 0.769. The third-order valence-electron chi connectivity index (χ3n) is 4.18. The van der Waals surface area contributed by atoms with Crippen LogP contribution in [0.25, 0.3) is 0 Å². The van der Waals surface area contributed by atoms with E-state index in [9.17, 15) is 4.79 Å². The minimum Gasteiger partial charge on any atom is -0.345 e. The number of nitrogens with zero attached hydrogens (tertiary/aromatic N) is 3. The van der Waals surface area contributed by atoms with E-state index in [-0.39, 0.29) is 23.7 Å². The van der Waals surface area contributed by atoms with Gasteiger partial charge in [-0.2, -0.15) is 0 Å². The molecule has 19 heavy (non-hydrogen) atoms. The molecule has 0 radical (unpaired) electrons. The van der Waals surface area contributed by atoms with Crippen LogP contribution < -0.4 is 5.32 Å². The lowest BCUT2D eigenvalue weighted by atomic mass is 10.1. The summed E-state index contributed by atoms with van der Waals surface area (Å²) in [4.78, 5) is 18.9. The van der Waals surface area contributed by atoms with Crippen molar-refractivity contribution in [3.63, 3.8) is 0 Å². The highest BCUT2D eigenvalue weighted by atomic mass is 16.2. The first-order chi connectivity index (χ1) is 9.15. The van der Waals surface area contributed by atoms with Gasteiger partial charge in [0.15, 0.2) is 0 Å². The van der Waals surface area contributed by atoms with E-state index in [4.69, 9.17) is 0 Å². The fourth-order valence-electron chi connectivity index (χ4n) is 3.12. The maximum atomic E-state index is 12.2. The quantitative estimate of drug-likeness (QED) is 0.849. The van der Waals surface area contributed by atoms with Crippen molar-refractivity contribution in [2.75, 3.05) is 13.1 Å². The van der Waals surface area contributed by atoms with Crippen LogP contribution >= 0.6 is 0 Å². The number of hydrogen-bond acceptors (Lipinski definition) is 4. The van der Waals surface area contributed by atoms with E-state index < -0.39 is 0 Å². The van der Waals surface area contributed by atoms with E-state index in [0.29, 0.717) is 6.04 Å². The summed E-state index contributed by atoms with van der Waals surface area (Å²) >= 11 is 0. The van der Waals surface area contributed by atoms with Gasteiger partial charge in [0.1, 0.15) is 5.82 Å². The zero-order valence-electron chi connectivity index (χ0n) is 11.5. The molecule has 3 rings (SSSR count). The van der Waals surface area contributed by atoms with Crippen LogP contribution in [0.5, 0.6) is 0 Å². The van der Waals surface area contributed by atoms with Crippen LogP contribution in [0.2, 0.25) is 0 Å². The van der Waals surface area contributed by atoms with Crippen LogP contribution in [-0.2, 0) is 0 Å². The number of carbonyl (C=O) groups is 1. The normalized spacial score (nSPS) is 26.9. The van der Waals surface area contributed by atoms with Gasteiger partial charge in [-0.1, -0.05) is 13.8 Å². The number of carbonyl (C=O) groups excluding carboxylic acids is 1. The first kappa shape index (κ1) is 12.6. The molecule has 0 spiro atoms. The van der Waals surface area contributed by atoms with Crippen molar-refractivity contribution in [3.8, 4) is 0 Å². The van der Waals surface area contributed by atoms with Crippen molar-refractivity contribution < 1.29 is 4.79 Å². The molecule has 1 amide bonds. The van der Waals surface area contributed by atoms with Crippen LogP contribution in [0.1, 0.15) is 55.5 Å². The molecular formula is C13H21N5O. The average Bonchev–Trinajstić information content (AvgIpc) is 3.05. The highest BCUT2D eigenvalue weighted by molar-refractivity contribution is 5.90. The lowest BCUT2D eigenvalue weighted by molar-refractivity contribution is 0.0919. The van der Waals surface area contributed by atoms with Crippen molar-refractivity contribution in [2.45, 2.75) is 51.1 Å². The molecule has 1 aromatic rings. The summed E-state index contributed by atoms with van der Waals surface area (Å²) in [6, 6.07) is 0.781. The Morgan fingerprint density at radius 3 is 3.00 bits per heavy atom. The minimum absolute atomic E-state index is 0.151. The number of rotatable bonds is 3. The number of amides is 1. The second kappa shape index (κ2) is 4.92. The SMILES string of the molecule is CC(C)c1nc(C(=O)NC2CCN3CCCC23)n[nH]1.